The highest BCUT2D eigenvalue weighted by Gasteiger charge is 2.26. The largest absolute Gasteiger partial charge is 0.397 e. The van der Waals surface area contributed by atoms with Crippen molar-refractivity contribution in [2.75, 3.05) is 24.2 Å². The summed E-state index contributed by atoms with van der Waals surface area (Å²) < 4.78 is 19.4. The summed E-state index contributed by atoms with van der Waals surface area (Å²) in [6.45, 7) is 3.70. The van der Waals surface area contributed by atoms with Gasteiger partial charge in [0.25, 0.3) is 0 Å². The highest BCUT2D eigenvalue weighted by molar-refractivity contribution is 9.10. The Hall–Kier alpha value is -0.810. The standard InChI is InChI=1S/C13H18BrFN2O/c1-2-13-8(3-4-18-13)7-17-12-6-10(15)9(14)5-11(12)16/h5-6,8,13,17H,2-4,7,16H2,1H3. The van der Waals surface area contributed by atoms with Crippen LogP contribution in [0.15, 0.2) is 16.6 Å². The minimum atomic E-state index is -0.304. The summed E-state index contributed by atoms with van der Waals surface area (Å²) >= 11 is 3.12. The van der Waals surface area contributed by atoms with E-state index in [1.165, 1.54) is 6.07 Å². The Kier molecular flexibility index (Phi) is 4.45. The van der Waals surface area contributed by atoms with Gasteiger partial charge in [-0.3, -0.25) is 0 Å². The number of halogens is 2. The molecule has 0 radical (unpaired) electrons. The molecule has 0 bridgehead atoms. The second-order valence-electron chi connectivity index (χ2n) is 4.60. The van der Waals surface area contributed by atoms with Crippen LogP contribution in [0, 0.1) is 11.7 Å². The lowest BCUT2D eigenvalue weighted by Gasteiger charge is -2.18. The summed E-state index contributed by atoms with van der Waals surface area (Å²) in [6.07, 6.45) is 2.36. The fourth-order valence-corrected chi connectivity index (χ4v) is 2.69. The minimum absolute atomic E-state index is 0.304. The van der Waals surface area contributed by atoms with Crippen molar-refractivity contribution < 1.29 is 9.13 Å². The first-order valence-electron chi connectivity index (χ1n) is 6.21. The highest BCUT2D eigenvalue weighted by atomic mass is 79.9. The Morgan fingerprint density at radius 3 is 3.06 bits per heavy atom. The van der Waals surface area contributed by atoms with Crippen molar-refractivity contribution in [3.8, 4) is 0 Å². The van der Waals surface area contributed by atoms with Gasteiger partial charge in [-0.2, -0.15) is 0 Å². The Morgan fingerprint density at radius 2 is 2.33 bits per heavy atom. The highest BCUT2D eigenvalue weighted by Crippen LogP contribution is 2.28. The molecule has 1 aliphatic rings. The molecule has 0 spiro atoms. The maximum Gasteiger partial charge on any atom is 0.139 e. The van der Waals surface area contributed by atoms with Crippen molar-refractivity contribution in [1.29, 1.82) is 0 Å². The van der Waals surface area contributed by atoms with E-state index >= 15 is 0 Å². The van der Waals surface area contributed by atoms with Crippen LogP contribution in [0.3, 0.4) is 0 Å². The molecule has 1 aromatic rings. The van der Waals surface area contributed by atoms with Crippen LogP contribution in [0.2, 0.25) is 0 Å². The fourth-order valence-electron chi connectivity index (χ4n) is 2.33. The van der Waals surface area contributed by atoms with Crippen molar-refractivity contribution in [3.63, 3.8) is 0 Å². The van der Waals surface area contributed by atoms with Gasteiger partial charge in [-0.05, 0) is 34.8 Å². The number of nitrogen functional groups attached to an aromatic ring is 1. The molecule has 100 valence electrons. The quantitative estimate of drug-likeness (QED) is 0.837. The molecular formula is C13H18BrFN2O. The van der Waals surface area contributed by atoms with Crippen LogP contribution < -0.4 is 11.1 Å². The predicted molar refractivity (Wildman–Crippen MR) is 75.1 cm³/mol. The molecule has 1 fully saturated rings. The van der Waals surface area contributed by atoms with E-state index in [2.05, 4.69) is 28.2 Å². The first-order chi connectivity index (χ1) is 8.61. The van der Waals surface area contributed by atoms with Gasteiger partial charge in [-0.25, -0.2) is 4.39 Å². The molecule has 3 nitrogen and oxygen atoms in total. The SMILES string of the molecule is CCC1OCCC1CNc1cc(F)c(Br)cc1N. The van der Waals surface area contributed by atoms with Crippen molar-refractivity contribution in [1.82, 2.24) is 0 Å². The van der Waals surface area contributed by atoms with Gasteiger partial charge in [0.2, 0.25) is 0 Å². The van der Waals surface area contributed by atoms with Gasteiger partial charge in [0.15, 0.2) is 0 Å². The maximum absolute atomic E-state index is 13.4. The van der Waals surface area contributed by atoms with E-state index < -0.39 is 0 Å². The third-order valence-corrected chi connectivity index (χ3v) is 4.00. The molecule has 0 aromatic heterocycles. The van der Waals surface area contributed by atoms with Crippen LogP contribution in [-0.4, -0.2) is 19.3 Å². The zero-order valence-corrected chi connectivity index (χ0v) is 12.0. The average molecular weight is 317 g/mol. The summed E-state index contributed by atoms with van der Waals surface area (Å²) in [5.41, 5.74) is 7.05. The first kappa shape index (κ1) is 13.6. The molecule has 1 heterocycles. The monoisotopic (exact) mass is 316 g/mol. The van der Waals surface area contributed by atoms with Crippen LogP contribution in [0.4, 0.5) is 15.8 Å². The molecule has 18 heavy (non-hydrogen) atoms. The fraction of sp³-hybridized carbons (Fsp3) is 0.538. The van der Waals surface area contributed by atoms with Gasteiger partial charge < -0.3 is 15.8 Å². The lowest BCUT2D eigenvalue weighted by molar-refractivity contribution is 0.0900. The molecule has 1 saturated heterocycles. The number of benzene rings is 1. The molecular weight excluding hydrogens is 299 g/mol. The Bertz CT molecular complexity index is 428. The number of hydrogen-bond donors (Lipinski definition) is 2. The lowest BCUT2D eigenvalue weighted by atomic mass is 9.99. The van der Waals surface area contributed by atoms with Crippen LogP contribution in [-0.2, 0) is 4.74 Å². The van der Waals surface area contributed by atoms with E-state index in [4.69, 9.17) is 10.5 Å². The topological polar surface area (TPSA) is 47.3 Å². The summed E-state index contributed by atoms with van der Waals surface area (Å²) in [6, 6.07) is 3.01. The van der Waals surface area contributed by atoms with Crippen LogP contribution in [0.5, 0.6) is 0 Å². The van der Waals surface area contributed by atoms with Gasteiger partial charge in [0, 0.05) is 25.1 Å². The maximum atomic E-state index is 13.4. The molecule has 2 unspecified atom stereocenters. The predicted octanol–water partition coefficient (Wildman–Crippen LogP) is 3.40. The second kappa shape index (κ2) is 5.89. The molecule has 2 atom stereocenters. The van der Waals surface area contributed by atoms with Gasteiger partial charge in [-0.1, -0.05) is 6.92 Å². The summed E-state index contributed by atoms with van der Waals surface area (Å²) in [5, 5.41) is 3.22. The van der Waals surface area contributed by atoms with Crippen molar-refractivity contribution in [3.05, 3.63) is 22.4 Å². The van der Waals surface area contributed by atoms with E-state index in [9.17, 15) is 4.39 Å². The van der Waals surface area contributed by atoms with Crippen molar-refractivity contribution >= 4 is 27.3 Å². The normalized spacial score (nSPS) is 23.3. The van der Waals surface area contributed by atoms with E-state index in [1.54, 1.807) is 6.07 Å². The lowest BCUT2D eigenvalue weighted by Crippen LogP contribution is -2.23. The van der Waals surface area contributed by atoms with Crippen LogP contribution in [0.1, 0.15) is 19.8 Å². The van der Waals surface area contributed by atoms with Crippen LogP contribution >= 0.6 is 15.9 Å². The minimum Gasteiger partial charge on any atom is -0.397 e. The Balaban J connectivity index is 2.00. The molecule has 5 heteroatoms. The second-order valence-corrected chi connectivity index (χ2v) is 5.46. The number of nitrogens with two attached hydrogens (primary N) is 1. The third kappa shape index (κ3) is 2.95. The van der Waals surface area contributed by atoms with Crippen molar-refractivity contribution in [2.45, 2.75) is 25.9 Å². The first-order valence-corrected chi connectivity index (χ1v) is 7.01. The third-order valence-electron chi connectivity index (χ3n) is 3.40. The molecule has 0 aliphatic carbocycles. The Morgan fingerprint density at radius 1 is 1.56 bits per heavy atom. The van der Waals surface area contributed by atoms with Crippen molar-refractivity contribution in [2.24, 2.45) is 5.92 Å². The molecule has 0 saturated carbocycles. The number of nitrogens with one attached hydrogen (secondary N) is 1. The number of hydrogen-bond acceptors (Lipinski definition) is 3. The van der Waals surface area contributed by atoms with Gasteiger partial charge in [0.05, 0.1) is 22.0 Å². The van der Waals surface area contributed by atoms with Crippen LogP contribution in [0.25, 0.3) is 0 Å². The molecule has 0 amide bonds. The van der Waals surface area contributed by atoms with E-state index in [1.807, 2.05) is 0 Å². The van der Waals surface area contributed by atoms with E-state index in [0.717, 1.165) is 26.0 Å². The molecule has 1 aliphatic heterocycles. The number of anilines is 2. The Labute approximate surface area is 115 Å². The molecule has 2 rings (SSSR count). The smallest absolute Gasteiger partial charge is 0.139 e. The summed E-state index contributed by atoms with van der Waals surface area (Å²) in [5.74, 6) is 0.169. The van der Waals surface area contributed by atoms with Gasteiger partial charge >= 0.3 is 0 Å². The molecule has 1 aromatic carbocycles. The van der Waals surface area contributed by atoms with Gasteiger partial charge in [0.1, 0.15) is 5.82 Å². The van der Waals surface area contributed by atoms with E-state index in [0.29, 0.717) is 27.9 Å². The number of rotatable bonds is 4. The zero-order chi connectivity index (χ0) is 13.1. The van der Waals surface area contributed by atoms with Gasteiger partial charge in [-0.15, -0.1) is 0 Å². The zero-order valence-electron chi connectivity index (χ0n) is 10.4. The molecule has 3 N–H and O–H groups in total. The average Bonchev–Trinajstić information content (AvgIpc) is 2.79. The number of ether oxygens (including phenoxy) is 1. The van der Waals surface area contributed by atoms with E-state index in [-0.39, 0.29) is 5.82 Å². The summed E-state index contributed by atoms with van der Waals surface area (Å²) in [7, 11) is 0. The summed E-state index contributed by atoms with van der Waals surface area (Å²) in [4.78, 5) is 0.